The van der Waals surface area contributed by atoms with E-state index in [0.29, 0.717) is 0 Å². The second kappa shape index (κ2) is 7.34. The zero-order chi connectivity index (χ0) is 13.5. The molecule has 0 spiro atoms. The van der Waals surface area contributed by atoms with Crippen LogP contribution in [0.2, 0.25) is 0 Å². The predicted molar refractivity (Wildman–Crippen MR) is 78.4 cm³/mol. The van der Waals surface area contributed by atoms with Crippen LogP contribution in [-0.4, -0.2) is 11.7 Å². The fraction of sp³-hybridized carbons (Fsp3) is 0.529. The number of ether oxygens (including phenoxy) is 1. The van der Waals surface area contributed by atoms with Crippen LogP contribution < -0.4 is 4.74 Å². The molecule has 2 heteroatoms. The molecule has 0 radical (unpaired) electrons. The summed E-state index contributed by atoms with van der Waals surface area (Å²) < 4.78 is 5.63. The standard InChI is InChI=1S/C17H24O2/c1-2-3-13-19-16-11-9-15(10-12-16)17(18)14-7-5-4-6-8-14/h7,9-12,17-18H,2-6,8,13H2,1H3. The van der Waals surface area contributed by atoms with Crippen LogP contribution in [0.1, 0.15) is 57.1 Å². The lowest BCUT2D eigenvalue weighted by molar-refractivity contribution is 0.208. The minimum atomic E-state index is -0.440. The Morgan fingerprint density at radius 3 is 2.63 bits per heavy atom. The summed E-state index contributed by atoms with van der Waals surface area (Å²) in [6.45, 7) is 2.92. The Morgan fingerprint density at radius 2 is 2.00 bits per heavy atom. The van der Waals surface area contributed by atoms with Crippen LogP contribution in [-0.2, 0) is 0 Å². The number of benzene rings is 1. The molecule has 2 rings (SSSR count). The average molecular weight is 260 g/mol. The number of aliphatic hydroxyl groups excluding tert-OH is 1. The van der Waals surface area contributed by atoms with E-state index in [0.717, 1.165) is 43.6 Å². The first-order valence-corrected chi connectivity index (χ1v) is 7.41. The number of unbranched alkanes of at least 4 members (excludes halogenated alkanes) is 1. The Balaban J connectivity index is 1.95. The minimum absolute atomic E-state index is 0.440. The monoisotopic (exact) mass is 260 g/mol. The van der Waals surface area contributed by atoms with Crippen molar-refractivity contribution in [1.29, 1.82) is 0 Å². The van der Waals surface area contributed by atoms with Crippen LogP contribution in [0.25, 0.3) is 0 Å². The highest BCUT2D eigenvalue weighted by Gasteiger charge is 2.15. The van der Waals surface area contributed by atoms with Gasteiger partial charge >= 0.3 is 0 Å². The van der Waals surface area contributed by atoms with E-state index in [2.05, 4.69) is 13.0 Å². The van der Waals surface area contributed by atoms with Crippen LogP contribution in [0.3, 0.4) is 0 Å². The first-order valence-electron chi connectivity index (χ1n) is 7.41. The molecule has 1 N–H and O–H groups in total. The van der Waals surface area contributed by atoms with E-state index in [1.165, 1.54) is 18.4 Å². The fourth-order valence-corrected chi connectivity index (χ4v) is 2.41. The molecule has 1 aliphatic rings. The Labute approximate surface area is 116 Å². The molecule has 0 saturated carbocycles. The van der Waals surface area contributed by atoms with Crippen molar-refractivity contribution in [2.45, 2.75) is 51.6 Å². The van der Waals surface area contributed by atoms with Crippen LogP contribution in [0.15, 0.2) is 35.9 Å². The average Bonchev–Trinajstić information content (AvgIpc) is 2.48. The summed E-state index contributed by atoms with van der Waals surface area (Å²) in [5.41, 5.74) is 2.14. The van der Waals surface area contributed by atoms with Gasteiger partial charge < -0.3 is 9.84 Å². The van der Waals surface area contributed by atoms with Crippen LogP contribution >= 0.6 is 0 Å². The highest BCUT2D eigenvalue weighted by atomic mass is 16.5. The smallest absolute Gasteiger partial charge is 0.119 e. The van der Waals surface area contributed by atoms with Gasteiger partial charge in [0.15, 0.2) is 0 Å². The zero-order valence-electron chi connectivity index (χ0n) is 11.8. The first kappa shape index (κ1) is 14.1. The largest absolute Gasteiger partial charge is 0.494 e. The van der Waals surface area contributed by atoms with Gasteiger partial charge in [-0.25, -0.2) is 0 Å². The van der Waals surface area contributed by atoms with Gasteiger partial charge in [0.05, 0.1) is 6.61 Å². The summed E-state index contributed by atoms with van der Waals surface area (Å²) in [6.07, 6.45) is 8.55. The lowest BCUT2D eigenvalue weighted by Gasteiger charge is -2.19. The maximum absolute atomic E-state index is 10.3. The second-order valence-electron chi connectivity index (χ2n) is 5.20. The number of hydrogen-bond acceptors (Lipinski definition) is 2. The summed E-state index contributed by atoms with van der Waals surface area (Å²) in [6, 6.07) is 7.86. The van der Waals surface area contributed by atoms with E-state index in [1.807, 2.05) is 24.3 Å². The van der Waals surface area contributed by atoms with Crippen molar-refractivity contribution in [1.82, 2.24) is 0 Å². The Morgan fingerprint density at radius 1 is 1.21 bits per heavy atom. The van der Waals surface area contributed by atoms with E-state index in [1.54, 1.807) is 0 Å². The lowest BCUT2D eigenvalue weighted by Crippen LogP contribution is -2.05. The van der Waals surface area contributed by atoms with Gasteiger partial charge in [0.1, 0.15) is 11.9 Å². The molecule has 1 unspecified atom stereocenters. The van der Waals surface area contributed by atoms with E-state index >= 15 is 0 Å². The molecule has 0 aromatic heterocycles. The molecule has 0 aliphatic heterocycles. The molecule has 1 atom stereocenters. The van der Waals surface area contributed by atoms with Crippen molar-refractivity contribution in [3.63, 3.8) is 0 Å². The molecule has 0 fully saturated rings. The molecule has 0 heterocycles. The molecule has 0 bridgehead atoms. The second-order valence-corrected chi connectivity index (χ2v) is 5.20. The van der Waals surface area contributed by atoms with Crippen molar-refractivity contribution in [2.24, 2.45) is 0 Å². The first-order chi connectivity index (χ1) is 9.31. The van der Waals surface area contributed by atoms with Crippen molar-refractivity contribution in [2.75, 3.05) is 6.61 Å². The third kappa shape index (κ3) is 4.10. The molecule has 19 heavy (non-hydrogen) atoms. The van der Waals surface area contributed by atoms with Gasteiger partial charge in [0, 0.05) is 0 Å². The van der Waals surface area contributed by atoms with Gasteiger partial charge in [-0.3, -0.25) is 0 Å². The fourth-order valence-electron chi connectivity index (χ4n) is 2.41. The van der Waals surface area contributed by atoms with Gasteiger partial charge in [-0.15, -0.1) is 0 Å². The molecular weight excluding hydrogens is 236 g/mol. The van der Waals surface area contributed by atoms with Gasteiger partial charge in [0.25, 0.3) is 0 Å². The molecule has 2 nitrogen and oxygen atoms in total. The number of rotatable bonds is 6. The van der Waals surface area contributed by atoms with Crippen molar-refractivity contribution < 1.29 is 9.84 Å². The maximum Gasteiger partial charge on any atom is 0.119 e. The number of aliphatic hydroxyl groups is 1. The van der Waals surface area contributed by atoms with Crippen molar-refractivity contribution in [3.05, 3.63) is 41.5 Å². The predicted octanol–water partition coefficient (Wildman–Crippen LogP) is 4.40. The van der Waals surface area contributed by atoms with E-state index < -0.39 is 6.10 Å². The quantitative estimate of drug-likeness (QED) is 0.607. The number of allylic oxidation sites excluding steroid dienone is 1. The topological polar surface area (TPSA) is 29.5 Å². The molecule has 0 amide bonds. The maximum atomic E-state index is 10.3. The van der Waals surface area contributed by atoms with Gasteiger partial charge in [-0.2, -0.15) is 0 Å². The summed E-state index contributed by atoms with van der Waals surface area (Å²) in [4.78, 5) is 0. The van der Waals surface area contributed by atoms with Crippen LogP contribution in [0.4, 0.5) is 0 Å². The summed E-state index contributed by atoms with van der Waals surface area (Å²) in [7, 11) is 0. The zero-order valence-corrected chi connectivity index (χ0v) is 11.8. The van der Waals surface area contributed by atoms with Gasteiger partial charge in [0.2, 0.25) is 0 Å². The van der Waals surface area contributed by atoms with E-state index in [9.17, 15) is 5.11 Å². The Kier molecular flexibility index (Phi) is 5.46. The van der Waals surface area contributed by atoms with Crippen molar-refractivity contribution >= 4 is 0 Å². The Hall–Kier alpha value is -1.28. The molecule has 104 valence electrons. The summed E-state index contributed by atoms with van der Waals surface area (Å²) >= 11 is 0. The number of hydrogen-bond donors (Lipinski definition) is 1. The molecule has 0 saturated heterocycles. The normalized spacial score (nSPS) is 16.8. The van der Waals surface area contributed by atoms with E-state index in [-0.39, 0.29) is 0 Å². The third-order valence-corrected chi connectivity index (χ3v) is 3.64. The summed E-state index contributed by atoms with van der Waals surface area (Å²) in [5, 5.41) is 10.3. The van der Waals surface area contributed by atoms with Crippen LogP contribution in [0.5, 0.6) is 5.75 Å². The summed E-state index contributed by atoms with van der Waals surface area (Å²) in [5.74, 6) is 0.891. The highest BCUT2D eigenvalue weighted by molar-refractivity contribution is 5.32. The molecule has 1 aromatic carbocycles. The van der Waals surface area contributed by atoms with Gasteiger partial charge in [-0.1, -0.05) is 31.6 Å². The Bertz CT molecular complexity index is 406. The lowest BCUT2D eigenvalue weighted by atomic mass is 9.92. The van der Waals surface area contributed by atoms with Crippen molar-refractivity contribution in [3.8, 4) is 5.75 Å². The third-order valence-electron chi connectivity index (χ3n) is 3.64. The SMILES string of the molecule is CCCCOc1ccc(C(O)C2=CCCCC2)cc1. The van der Waals surface area contributed by atoms with Crippen LogP contribution in [0, 0.1) is 0 Å². The van der Waals surface area contributed by atoms with Gasteiger partial charge in [-0.05, 0) is 55.4 Å². The highest BCUT2D eigenvalue weighted by Crippen LogP contribution is 2.30. The van der Waals surface area contributed by atoms with E-state index in [4.69, 9.17) is 4.74 Å². The molecule has 1 aromatic rings. The molecular formula is C17H24O2. The molecule has 1 aliphatic carbocycles. The minimum Gasteiger partial charge on any atom is -0.494 e.